The van der Waals surface area contributed by atoms with E-state index in [9.17, 15) is 10.1 Å². The van der Waals surface area contributed by atoms with Gasteiger partial charge in [0.05, 0.1) is 17.6 Å². The van der Waals surface area contributed by atoms with E-state index in [0.717, 1.165) is 0 Å². The Bertz CT molecular complexity index is 1230. The standard InChI is InChI=1S/C23H20N4O8P2/c1-30-36(33-21-8-2-5-13-24-21)32-20-16-19(27(28)29)12-11-18(20)17-31-37(34-22-9-3-6-14-25-22)35-23-10-4-7-15-26-23/h2-16H,17H2,1H3. The van der Waals surface area contributed by atoms with E-state index in [0.29, 0.717) is 5.56 Å². The summed E-state index contributed by atoms with van der Waals surface area (Å²) in [5.41, 5.74) is 0.279. The topological polar surface area (TPSA) is 137 Å². The molecule has 12 nitrogen and oxygen atoms in total. The number of nitrogens with zero attached hydrogens (tertiary/aromatic N) is 4. The number of pyridine rings is 3. The number of rotatable bonds is 13. The lowest BCUT2D eigenvalue weighted by molar-refractivity contribution is -0.384. The van der Waals surface area contributed by atoms with Crippen LogP contribution in [0.15, 0.2) is 91.4 Å². The molecule has 0 saturated carbocycles. The summed E-state index contributed by atoms with van der Waals surface area (Å²) in [6.07, 6.45) is 4.69. The molecule has 3 heterocycles. The maximum Gasteiger partial charge on any atom is 0.466 e. The van der Waals surface area contributed by atoms with Crippen LogP contribution in [0.25, 0.3) is 0 Å². The predicted molar refractivity (Wildman–Crippen MR) is 134 cm³/mol. The molecule has 37 heavy (non-hydrogen) atoms. The minimum Gasteiger partial charge on any atom is -0.417 e. The van der Waals surface area contributed by atoms with Crippen molar-refractivity contribution in [1.29, 1.82) is 0 Å². The smallest absolute Gasteiger partial charge is 0.417 e. The molecule has 0 bridgehead atoms. The summed E-state index contributed by atoms with van der Waals surface area (Å²) in [5.74, 6) is 0.978. The van der Waals surface area contributed by atoms with Crippen molar-refractivity contribution in [3.05, 3.63) is 107 Å². The van der Waals surface area contributed by atoms with E-state index >= 15 is 0 Å². The molecule has 1 atom stereocenters. The first-order valence-corrected chi connectivity index (χ1v) is 12.8. The third-order valence-corrected chi connectivity index (χ3v) is 6.32. The molecule has 1 aromatic carbocycles. The van der Waals surface area contributed by atoms with Crippen LogP contribution in [0.1, 0.15) is 5.56 Å². The largest absolute Gasteiger partial charge is 0.466 e. The van der Waals surface area contributed by atoms with Crippen molar-refractivity contribution in [1.82, 2.24) is 15.0 Å². The Labute approximate surface area is 214 Å². The van der Waals surface area contributed by atoms with Crippen LogP contribution < -0.4 is 18.1 Å². The van der Waals surface area contributed by atoms with Gasteiger partial charge in [0, 0.05) is 55.5 Å². The molecule has 0 fully saturated rings. The zero-order chi connectivity index (χ0) is 25.9. The summed E-state index contributed by atoms with van der Waals surface area (Å²) < 4.78 is 34.3. The van der Waals surface area contributed by atoms with Gasteiger partial charge in [-0.2, -0.15) is 0 Å². The van der Waals surface area contributed by atoms with E-state index in [1.807, 2.05) is 0 Å². The van der Waals surface area contributed by atoms with Gasteiger partial charge in [-0.1, -0.05) is 18.2 Å². The minimum absolute atomic E-state index is 0.0881. The maximum atomic E-state index is 11.4. The Kier molecular flexibility index (Phi) is 9.45. The minimum atomic E-state index is -2.01. The van der Waals surface area contributed by atoms with E-state index in [1.165, 1.54) is 25.3 Å². The van der Waals surface area contributed by atoms with E-state index in [1.54, 1.807) is 73.2 Å². The van der Waals surface area contributed by atoms with Crippen molar-refractivity contribution in [3.63, 3.8) is 0 Å². The normalized spacial score (nSPS) is 11.5. The number of nitro groups is 1. The predicted octanol–water partition coefficient (Wildman–Crippen LogP) is 6.01. The van der Waals surface area contributed by atoms with Crippen LogP contribution in [0.3, 0.4) is 0 Å². The third kappa shape index (κ3) is 8.03. The Morgan fingerprint density at radius 1 is 0.757 bits per heavy atom. The van der Waals surface area contributed by atoms with Gasteiger partial charge in [-0.05, 0) is 24.3 Å². The first kappa shape index (κ1) is 26.1. The molecular weight excluding hydrogens is 522 g/mol. The molecule has 0 amide bonds. The first-order chi connectivity index (χ1) is 18.1. The lowest BCUT2D eigenvalue weighted by Crippen LogP contribution is -2.04. The molecule has 0 aliphatic carbocycles. The van der Waals surface area contributed by atoms with E-state index < -0.39 is 22.1 Å². The average Bonchev–Trinajstić information content (AvgIpc) is 2.93. The molecule has 0 N–H and O–H groups in total. The fourth-order valence-electron chi connectivity index (χ4n) is 2.66. The molecule has 0 radical (unpaired) electrons. The van der Waals surface area contributed by atoms with E-state index in [-0.39, 0.29) is 35.7 Å². The van der Waals surface area contributed by atoms with E-state index in [2.05, 4.69) is 15.0 Å². The second-order valence-electron chi connectivity index (χ2n) is 6.82. The number of aromatic nitrogens is 3. The van der Waals surface area contributed by atoms with E-state index in [4.69, 9.17) is 27.1 Å². The molecule has 0 saturated heterocycles. The molecule has 0 aliphatic heterocycles. The summed E-state index contributed by atoms with van der Waals surface area (Å²) in [6, 6.07) is 19.5. The second kappa shape index (κ2) is 13.4. The molecule has 1 unspecified atom stereocenters. The Balaban J connectivity index is 1.53. The van der Waals surface area contributed by atoms with Crippen LogP contribution in [0.5, 0.6) is 23.4 Å². The summed E-state index contributed by atoms with van der Waals surface area (Å²) in [6.45, 7) is -0.0881. The molecule has 4 aromatic rings. The zero-order valence-corrected chi connectivity index (χ0v) is 21.1. The SMILES string of the molecule is COP(Oc1ccccn1)Oc1cc([N+](=O)[O-])ccc1COP(Oc1ccccn1)Oc1ccccn1. The van der Waals surface area contributed by atoms with Gasteiger partial charge in [-0.15, -0.1) is 0 Å². The molecular formula is C23H20N4O8P2. The van der Waals surface area contributed by atoms with Gasteiger partial charge in [0.15, 0.2) is 0 Å². The zero-order valence-electron chi connectivity index (χ0n) is 19.3. The first-order valence-electron chi connectivity index (χ1n) is 10.6. The molecule has 0 aliphatic rings. The number of hydrogen-bond donors (Lipinski definition) is 0. The van der Waals surface area contributed by atoms with Crippen LogP contribution >= 0.6 is 17.2 Å². The van der Waals surface area contributed by atoms with Gasteiger partial charge in [0.25, 0.3) is 5.69 Å². The van der Waals surface area contributed by atoms with Crippen LogP contribution in [0, 0.1) is 10.1 Å². The molecule has 0 spiro atoms. The number of non-ortho nitro benzene ring substituents is 1. The number of nitro benzene ring substituents is 1. The van der Waals surface area contributed by atoms with Gasteiger partial charge in [0.2, 0.25) is 17.6 Å². The third-order valence-electron chi connectivity index (χ3n) is 4.33. The monoisotopic (exact) mass is 542 g/mol. The Hall–Kier alpha value is -3.95. The molecule has 4 rings (SSSR count). The Morgan fingerprint density at radius 2 is 1.30 bits per heavy atom. The van der Waals surface area contributed by atoms with Crippen LogP contribution in [0.4, 0.5) is 5.69 Å². The van der Waals surface area contributed by atoms with Crippen molar-refractivity contribution >= 4 is 22.9 Å². The molecule has 3 aromatic heterocycles. The highest BCUT2D eigenvalue weighted by Crippen LogP contribution is 2.45. The second-order valence-corrected chi connectivity index (χ2v) is 9.07. The molecule has 14 heteroatoms. The van der Waals surface area contributed by atoms with Crippen molar-refractivity contribution in [2.45, 2.75) is 6.61 Å². The van der Waals surface area contributed by atoms with Crippen LogP contribution in [-0.2, 0) is 15.7 Å². The van der Waals surface area contributed by atoms with Gasteiger partial charge in [0.1, 0.15) is 5.75 Å². The number of benzene rings is 1. The van der Waals surface area contributed by atoms with Crippen LogP contribution in [0.2, 0.25) is 0 Å². The fraction of sp³-hybridized carbons (Fsp3) is 0.0870. The number of hydrogen-bond acceptors (Lipinski definition) is 11. The highest BCUT2D eigenvalue weighted by molar-refractivity contribution is 7.42. The average molecular weight is 542 g/mol. The van der Waals surface area contributed by atoms with Crippen molar-refractivity contribution in [3.8, 4) is 23.4 Å². The highest BCUT2D eigenvalue weighted by Gasteiger charge is 2.24. The lowest BCUT2D eigenvalue weighted by atomic mass is 10.2. The highest BCUT2D eigenvalue weighted by atomic mass is 31.2. The maximum absolute atomic E-state index is 11.4. The summed E-state index contributed by atoms with van der Waals surface area (Å²) in [4.78, 5) is 23.2. The quantitative estimate of drug-likeness (QED) is 0.111. The van der Waals surface area contributed by atoms with Crippen molar-refractivity contribution < 1.29 is 32.1 Å². The summed E-state index contributed by atoms with van der Waals surface area (Å²) in [5, 5.41) is 11.4. The van der Waals surface area contributed by atoms with Crippen molar-refractivity contribution in [2.24, 2.45) is 0 Å². The Morgan fingerprint density at radius 3 is 1.76 bits per heavy atom. The van der Waals surface area contributed by atoms with Gasteiger partial charge in [-0.3, -0.25) is 19.2 Å². The van der Waals surface area contributed by atoms with Gasteiger partial charge < -0.3 is 18.1 Å². The molecule has 190 valence electrons. The summed E-state index contributed by atoms with van der Waals surface area (Å²) >= 11 is 0. The van der Waals surface area contributed by atoms with Crippen molar-refractivity contribution in [2.75, 3.05) is 7.11 Å². The lowest BCUT2D eigenvalue weighted by Gasteiger charge is -2.19. The van der Waals surface area contributed by atoms with Gasteiger partial charge >= 0.3 is 17.2 Å². The fourth-order valence-corrected chi connectivity index (χ4v) is 4.35. The summed E-state index contributed by atoms with van der Waals surface area (Å²) in [7, 11) is -2.61. The van der Waals surface area contributed by atoms with Crippen LogP contribution in [-0.4, -0.2) is 27.0 Å². The van der Waals surface area contributed by atoms with Gasteiger partial charge in [-0.25, -0.2) is 15.0 Å².